The molecule has 23 heavy (non-hydrogen) atoms. The first kappa shape index (κ1) is 19.7. The summed E-state index contributed by atoms with van der Waals surface area (Å²) in [5.74, 6) is 1.34. The van der Waals surface area contributed by atoms with Crippen molar-refractivity contribution in [2.45, 2.75) is 26.8 Å². The van der Waals surface area contributed by atoms with Gasteiger partial charge in [0.2, 0.25) is 0 Å². The lowest BCUT2D eigenvalue weighted by Crippen LogP contribution is -2.33. The molecule has 1 heterocycles. The first-order valence-corrected chi connectivity index (χ1v) is 7.99. The summed E-state index contributed by atoms with van der Waals surface area (Å²) in [6.07, 6.45) is 0.888. The predicted octanol–water partition coefficient (Wildman–Crippen LogP) is 3.03. The zero-order valence-corrected chi connectivity index (χ0v) is 16.8. The Morgan fingerprint density at radius 2 is 2.00 bits per heavy atom. The highest BCUT2D eigenvalue weighted by atomic mass is 127. The molecule has 0 amide bonds. The van der Waals surface area contributed by atoms with Gasteiger partial charge in [0.05, 0.1) is 24.4 Å². The fraction of sp³-hybridized carbons (Fsp3) is 0.375. The summed E-state index contributed by atoms with van der Waals surface area (Å²) in [4.78, 5) is 9.91. The van der Waals surface area contributed by atoms with Crippen molar-refractivity contribution in [3.63, 3.8) is 0 Å². The zero-order valence-electron chi connectivity index (χ0n) is 13.6. The highest BCUT2D eigenvalue weighted by molar-refractivity contribution is 14.0. The van der Waals surface area contributed by atoms with Gasteiger partial charge in [0, 0.05) is 11.4 Å². The molecule has 1 aromatic carbocycles. The number of halogens is 1. The van der Waals surface area contributed by atoms with Crippen LogP contribution in [0.1, 0.15) is 21.1 Å². The molecule has 1 aromatic heterocycles. The zero-order chi connectivity index (χ0) is 15.9. The lowest BCUT2D eigenvalue weighted by Gasteiger charge is -2.06. The summed E-state index contributed by atoms with van der Waals surface area (Å²) in [6.45, 7) is 5.34. The van der Waals surface area contributed by atoms with E-state index >= 15 is 0 Å². The van der Waals surface area contributed by atoms with Gasteiger partial charge in [-0.25, -0.2) is 9.98 Å². The third kappa shape index (κ3) is 6.34. The topological polar surface area (TPSA) is 72.5 Å². The number of nitrogens with two attached hydrogens (primary N) is 1. The number of hydrogen-bond acceptors (Lipinski definition) is 4. The third-order valence-corrected chi connectivity index (χ3v) is 4.33. The van der Waals surface area contributed by atoms with Crippen LogP contribution in [0, 0.1) is 13.8 Å². The van der Waals surface area contributed by atoms with Gasteiger partial charge >= 0.3 is 0 Å². The van der Waals surface area contributed by atoms with Crippen molar-refractivity contribution < 1.29 is 4.74 Å². The number of benzene rings is 1. The quantitative estimate of drug-likeness (QED) is 0.407. The smallest absolute Gasteiger partial charge is 0.188 e. The number of guanidine groups is 1. The number of nitrogens with one attached hydrogen (secondary N) is 1. The first-order chi connectivity index (χ1) is 10.6. The minimum atomic E-state index is 0. The highest BCUT2D eigenvalue weighted by Gasteiger charge is 2.03. The summed E-state index contributed by atoms with van der Waals surface area (Å²) >= 11 is 1.67. The van der Waals surface area contributed by atoms with E-state index in [9.17, 15) is 0 Å². The lowest BCUT2D eigenvalue weighted by atomic mass is 10.1. The largest absolute Gasteiger partial charge is 0.497 e. The number of methoxy groups -OCH3 is 1. The van der Waals surface area contributed by atoms with E-state index in [2.05, 4.69) is 27.4 Å². The second kappa shape index (κ2) is 9.71. The van der Waals surface area contributed by atoms with Gasteiger partial charge < -0.3 is 15.8 Å². The van der Waals surface area contributed by atoms with Gasteiger partial charge in [-0.2, -0.15) is 0 Å². The van der Waals surface area contributed by atoms with Gasteiger partial charge in [-0.3, -0.25) is 0 Å². The Kier molecular flexibility index (Phi) is 8.32. The Hall–Kier alpha value is -1.35. The molecule has 0 atom stereocenters. The van der Waals surface area contributed by atoms with E-state index in [1.807, 2.05) is 26.0 Å². The summed E-state index contributed by atoms with van der Waals surface area (Å²) in [5, 5.41) is 4.20. The first-order valence-electron chi connectivity index (χ1n) is 7.18. The van der Waals surface area contributed by atoms with Crippen LogP contribution in [0.5, 0.6) is 5.75 Å². The van der Waals surface area contributed by atoms with E-state index in [0.717, 1.165) is 34.3 Å². The molecule has 0 bridgehead atoms. The molecule has 2 rings (SSSR count). The molecule has 5 nitrogen and oxygen atoms in total. The number of aryl methyl sites for hydroxylation is 2. The summed E-state index contributed by atoms with van der Waals surface area (Å²) in [7, 11) is 1.67. The molecule has 0 unspecified atom stereocenters. The van der Waals surface area contributed by atoms with E-state index in [0.29, 0.717) is 12.5 Å². The molecular weight excluding hydrogens is 423 g/mol. The molecule has 7 heteroatoms. The van der Waals surface area contributed by atoms with Crippen molar-refractivity contribution in [3.05, 3.63) is 45.4 Å². The molecule has 0 aliphatic heterocycles. The van der Waals surface area contributed by atoms with Crippen molar-refractivity contribution in [1.29, 1.82) is 0 Å². The SMILES string of the molecule is COc1ccc(CCNC(N)=NCc2sc(C)nc2C)cc1.I. The molecule has 0 aliphatic carbocycles. The van der Waals surface area contributed by atoms with Crippen LogP contribution in [-0.2, 0) is 13.0 Å². The molecule has 0 aliphatic rings. The Bertz CT molecular complexity index is 640. The normalized spacial score (nSPS) is 11.0. The van der Waals surface area contributed by atoms with Crippen molar-refractivity contribution in [3.8, 4) is 5.75 Å². The number of aliphatic imine (C=N–C) groups is 1. The maximum Gasteiger partial charge on any atom is 0.188 e. The second-order valence-electron chi connectivity index (χ2n) is 4.97. The number of rotatable bonds is 6. The fourth-order valence-corrected chi connectivity index (χ4v) is 2.92. The van der Waals surface area contributed by atoms with Crippen LogP contribution >= 0.6 is 35.3 Å². The molecule has 2 aromatic rings. The maximum atomic E-state index is 5.89. The minimum Gasteiger partial charge on any atom is -0.497 e. The van der Waals surface area contributed by atoms with Crippen LogP contribution in [0.4, 0.5) is 0 Å². The predicted molar refractivity (Wildman–Crippen MR) is 107 cm³/mol. The summed E-state index contributed by atoms with van der Waals surface area (Å²) in [5.41, 5.74) is 8.16. The van der Waals surface area contributed by atoms with Gasteiger partial charge in [0.15, 0.2) is 5.96 Å². The molecule has 0 spiro atoms. The molecule has 3 N–H and O–H groups in total. The molecule has 0 fully saturated rings. The number of ether oxygens (including phenoxy) is 1. The van der Waals surface area contributed by atoms with E-state index in [4.69, 9.17) is 10.5 Å². The van der Waals surface area contributed by atoms with Gasteiger partial charge in [0.25, 0.3) is 0 Å². The van der Waals surface area contributed by atoms with Gasteiger partial charge in [-0.15, -0.1) is 35.3 Å². The van der Waals surface area contributed by atoms with Crippen molar-refractivity contribution in [1.82, 2.24) is 10.3 Å². The van der Waals surface area contributed by atoms with Crippen LogP contribution in [0.15, 0.2) is 29.3 Å². The van der Waals surface area contributed by atoms with Crippen LogP contribution in [0.2, 0.25) is 0 Å². The summed E-state index contributed by atoms with van der Waals surface area (Å²) in [6, 6.07) is 8.03. The van der Waals surface area contributed by atoms with Crippen molar-refractivity contribution in [2.75, 3.05) is 13.7 Å². The highest BCUT2D eigenvalue weighted by Crippen LogP contribution is 2.17. The van der Waals surface area contributed by atoms with Crippen molar-refractivity contribution >= 4 is 41.3 Å². The third-order valence-electron chi connectivity index (χ3n) is 3.27. The average Bonchev–Trinajstić information content (AvgIpc) is 2.84. The molecular formula is C16H23IN4OS. The van der Waals surface area contributed by atoms with Crippen LogP contribution in [-0.4, -0.2) is 24.6 Å². The standard InChI is InChI=1S/C16H22N4OS.HI/c1-11-15(22-12(2)20-11)10-19-16(17)18-9-8-13-4-6-14(21-3)7-5-13;/h4-7H,8-10H2,1-3H3,(H3,17,18,19);1H. The number of thiazole rings is 1. The van der Waals surface area contributed by atoms with Gasteiger partial charge in [-0.05, 0) is 38.0 Å². The number of aromatic nitrogens is 1. The van der Waals surface area contributed by atoms with Crippen molar-refractivity contribution in [2.24, 2.45) is 10.7 Å². The summed E-state index contributed by atoms with van der Waals surface area (Å²) < 4.78 is 5.14. The molecule has 0 saturated carbocycles. The Morgan fingerprint density at radius 3 is 2.57 bits per heavy atom. The Balaban J connectivity index is 0.00000264. The molecule has 0 saturated heterocycles. The van der Waals surface area contributed by atoms with E-state index in [-0.39, 0.29) is 24.0 Å². The fourth-order valence-electron chi connectivity index (χ4n) is 2.06. The average molecular weight is 446 g/mol. The van der Waals surface area contributed by atoms with Crippen LogP contribution in [0.3, 0.4) is 0 Å². The van der Waals surface area contributed by atoms with E-state index in [1.54, 1.807) is 18.4 Å². The maximum absolute atomic E-state index is 5.89. The monoisotopic (exact) mass is 446 g/mol. The van der Waals surface area contributed by atoms with E-state index < -0.39 is 0 Å². The lowest BCUT2D eigenvalue weighted by molar-refractivity contribution is 0.414. The van der Waals surface area contributed by atoms with E-state index in [1.165, 1.54) is 5.56 Å². The molecule has 0 radical (unpaired) electrons. The van der Waals surface area contributed by atoms with Gasteiger partial charge in [-0.1, -0.05) is 12.1 Å². The second-order valence-corrected chi connectivity index (χ2v) is 6.26. The van der Waals surface area contributed by atoms with Crippen LogP contribution in [0.25, 0.3) is 0 Å². The number of nitrogens with zero attached hydrogens (tertiary/aromatic N) is 2. The minimum absolute atomic E-state index is 0. The van der Waals surface area contributed by atoms with Crippen LogP contribution < -0.4 is 15.8 Å². The Morgan fingerprint density at radius 1 is 1.30 bits per heavy atom. The number of hydrogen-bond donors (Lipinski definition) is 2. The van der Waals surface area contributed by atoms with Gasteiger partial charge in [0.1, 0.15) is 5.75 Å². The molecule has 126 valence electrons. The Labute approximate surface area is 158 Å².